The van der Waals surface area contributed by atoms with E-state index >= 15 is 0 Å². The smallest absolute Gasteiger partial charge is 0.416 e. The first kappa shape index (κ1) is 23.9. The monoisotopic (exact) mass is 485 g/mol. The van der Waals surface area contributed by atoms with E-state index < -0.39 is 23.5 Å². The van der Waals surface area contributed by atoms with Crippen LogP contribution in [0, 0.1) is 0 Å². The van der Waals surface area contributed by atoms with Gasteiger partial charge in [-0.15, -0.1) is 0 Å². The van der Waals surface area contributed by atoms with Crippen LogP contribution < -0.4 is 0 Å². The zero-order valence-corrected chi connectivity index (χ0v) is 18.1. The third kappa shape index (κ3) is 5.71. The van der Waals surface area contributed by atoms with Crippen molar-refractivity contribution < 1.29 is 37.4 Å². The number of hydrogen-bond acceptors (Lipinski definition) is 6. The zero-order chi connectivity index (χ0) is 23.5. The van der Waals surface area contributed by atoms with Crippen LogP contribution in [0.1, 0.15) is 37.0 Å². The highest BCUT2D eigenvalue weighted by molar-refractivity contribution is 8.26. The first-order valence-corrected chi connectivity index (χ1v) is 10.8. The summed E-state index contributed by atoms with van der Waals surface area (Å²) in [6, 6.07) is 5.60. The summed E-state index contributed by atoms with van der Waals surface area (Å²) in [5.41, 5.74) is -0.885. The van der Waals surface area contributed by atoms with Crippen LogP contribution >= 0.6 is 24.0 Å². The summed E-state index contributed by atoms with van der Waals surface area (Å²) >= 11 is 6.35. The quantitative estimate of drug-likeness (QED) is 0.289. The molecule has 0 unspecified atom stereocenters. The maximum Gasteiger partial charge on any atom is 0.416 e. The number of aliphatic carboxylic acids is 1. The minimum Gasteiger partial charge on any atom is -0.507 e. The molecule has 170 valence electrons. The molecule has 0 atom stereocenters. The summed E-state index contributed by atoms with van der Waals surface area (Å²) < 4.78 is 44.3. The molecule has 1 aromatic heterocycles. The van der Waals surface area contributed by atoms with Crippen LogP contribution in [0.4, 0.5) is 13.2 Å². The fourth-order valence-electron chi connectivity index (χ4n) is 3.04. The molecule has 0 radical (unpaired) electrons. The largest absolute Gasteiger partial charge is 0.507 e. The van der Waals surface area contributed by atoms with Gasteiger partial charge in [-0.3, -0.25) is 14.5 Å². The van der Waals surface area contributed by atoms with E-state index in [1.54, 1.807) is 0 Å². The van der Waals surface area contributed by atoms with Gasteiger partial charge < -0.3 is 14.6 Å². The van der Waals surface area contributed by atoms with Crippen molar-refractivity contribution >= 4 is 46.3 Å². The average molecular weight is 486 g/mol. The molecule has 0 bridgehead atoms. The predicted octanol–water partition coefficient (Wildman–Crippen LogP) is 5.52. The lowest BCUT2D eigenvalue weighted by molar-refractivity contribution is -0.138. The molecule has 1 saturated heterocycles. The van der Waals surface area contributed by atoms with Crippen molar-refractivity contribution in [2.24, 2.45) is 0 Å². The number of hydrogen-bond donors (Lipinski definition) is 2. The number of aromatic hydroxyl groups is 1. The van der Waals surface area contributed by atoms with E-state index in [2.05, 4.69) is 0 Å². The normalized spacial score (nSPS) is 15.7. The molecule has 1 aromatic carbocycles. The van der Waals surface area contributed by atoms with E-state index in [0.717, 1.165) is 23.9 Å². The number of benzene rings is 1. The Labute approximate surface area is 190 Å². The van der Waals surface area contributed by atoms with Crippen LogP contribution in [-0.4, -0.2) is 37.9 Å². The molecule has 1 aliphatic rings. The van der Waals surface area contributed by atoms with Gasteiger partial charge in [-0.2, -0.15) is 13.2 Å². The molecule has 0 saturated carbocycles. The van der Waals surface area contributed by atoms with Crippen molar-refractivity contribution in [1.82, 2.24) is 4.90 Å². The number of thioether (sulfide) groups is 1. The maximum absolute atomic E-state index is 12.8. The SMILES string of the molecule is O=C(O)CCCCCN1C(=O)C(=Cc2ccc(-c3ccc(C(F)(F)F)cc3O)o2)SC1=S. The minimum atomic E-state index is -4.57. The molecule has 6 nitrogen and oxygen atoms in total. The van der Waals surface area contributed by atoms with Crippen LogP contribution in [0.15, 0.2) is 39.7 Å². The molecule has 32 heavy (non-hydrogen) atoms. The Kier molecular flexibility index (Phi) is 7.29. The Balaban J connectivity index is 1.68. The molecule has 2 N–H and O–H groups in total. The van der Waals surface area contributed by atoms with Crippen molar-refractivity contribution in [3.05, 3.63) is 46.6 Å². The number of phenolic OH excluding ortho intramolecular Hbond substituents is 1. The van der Waals surface area contributed by atoms with Gasteiger partial charge in [-0.25, -0.2) is 0 Å². The number of alkyl halides is 3. The van der Waals surface area contributed by atoms with Crippen molar-refractivity contribution in [3.63, 3.8) is 0 Å². The van der Waals surface area contributed by atoms with Gasteiger partial charge in [0.05, 0.1) is 16.0 Å². The number of halogens is 3. The molecule has 1 fully saturated rings. The summed E-state index contributed by atoms with van der Waals surface area (Å²) in [6.45, 7) is 0.379. The lowest BCUT2D eigenvalue weighted by Crippen LogP contribution is -2.29. The number of phenols is 1. The number of carbonyl (C=O) groups excluding carboxylic acids is 1. The van der Waals surface area contributed by atoms with E-state index in [0.29, 0.717) is 41.1 Å². The van der Waals surface area contributed by atoms with Crippen molar-refractivity contribution in [2.75, 3.05) is 6.54 Å². The highest BCUT2D eigenvalue weighted by Gasteiger charge is 2.32. The number of nitrogens with zero attached hydrogens (tertiary/aromatic N) is 1. The Bertz CT molecular complexity index is 1080. The van der Waals surface area contributed by atoms with Crippen molar-refractivity contribution in [1.29, 1.82) is 0 Å². The van der Waals surface area contributed by atoms with E-state index in [9.17, 15) is 27.9 Å². The van der Waals surface area contributed by atoms with E-state index in [-0.39, 0.29) is 29.4 Å². The second-order valence-electron chi connectivity index (χ2n) is 6.97. The van der Waals surface area contributed by atoms with Crippen LogP contribution in [0.5, 0.6) is 5.75 Å². The lowest BCUT2D eigenvalue weighted by atomic mass is 10.1. The predicted molar refractivity (Wildman–Crippen MR) is 117 cm³/mol. The highest BCUT2D eigenvalue weighted by atomic mass is 32.2. The third-order valence-corrected chi connectivity index (χ3v) is 6.01. The molecule has 1 amide bonds. The van der Waals surface area contributed by atoms with Gasteiger partial charge in [-0.05, 0) is 43.2 Å². The number of carboxylic acid groups (broad SMARTS) is 1. The number of carboxylic acids is 1. The maximum atomic E-state index is 12.8. The number of thiocarbonyl (C=S) groups is 1. The number of unbranched alkanes of at least 4 members (excludes halogenated alkanes) is 2. The molecular weight excluding hydrogens is 467 g/mol. The third-order valence-electron chi connectivity index (χ3n) is 4.64. The Morgan fingerprint density at radius 3 is 2.59 bits per heavy atom. The fourth-order valence-corrected chi connectivity index (χ4v) is 4.33. The van der Waals surface area contributed by atoms with Crippen molar-refractivity contribution in [3.8, 4) is 17.1 Å². The number of carbonyl (C=O) groups is 2. The standard InChI is InChI=1S/C21H18F3NO5S2/c22-21(23,24)12-5-7-14(15(26)10-12)16-8-6-13(30-16)11-17-19(29)25(20(31)32-17)9-3-1-2-4-18(27)28/h5-8,10-11,26H,1-4,9H2,(H,27,28). The number of furan rings is 1. The molecule has 3 rings (SSSR count). The molecule has 0 spiro atoms. The van der Waals surface area contributed by atoms with E-state index in [1.165, 1.54) is 23.1 Å². The van der Waals surface area contributed by atoms with Gasteiger partial charge in [0.25, 0.3) is 5.91 Å². The number of amides is 1. The second kappa shape index (κ2) is 9.78. The van der Waals surface area contributed by atoms with Crippen LogP contribution in [0.3, 0.4) is 0 Å². The average Bonchev–Trinajstić information content (AvgIpc) is 3.26. The van der Waals surface area contributed by atoms with Crippen LogP contribution in [0.2, 0.25) is 0 Å². The summed E-state index contributed by atoms with van der Waals surface area (Å²) in [5.74, 6) is -1.30. The van der Waals surface area contributed by atoms with Crippen LogP contribution in [-0.2, 0) is 15.8 Å². The van der Waals surface area contributed by atoms with Gasteiger partial charge in [0, 0.05) is 19.0 Å². The van der Waals surface area contributed by atoms with Gasteiger partial charge in [0.2, 0.25) is 0 Å². The lowest BCUT2D eigenvalue weighted by Gasteiger charge is -2.13. The Morgan fingerprint density at radius 1 is 1.19 bits per heavy atom. The topological polar surface area (TPSA) is 91.0 Å². The van der Waals surface area contributed by atoms with Gasteiger partial charge >= 0.3 is 12.1 Å². The van der Waals surface area contributed by atoms with Gasteiger partial charge in [0.1, 0.15) is 21.6 Å². The van der Waals surface area contributed by atoms with Gasteiger partial charge in [-0.1, -0.05) is 30.4 Å². The van der Waals surface area contributed by atoms with Gasteiger partial charge in [0.15, 0.2) is 0 Å². The van der Waals surface area contributed by atoms with E-state index in [1.807, 2.05) is 0 Å². The highest BCUT2D eigenvalue weighted by Crippen LogP contribution is 2.38. The summed E-state index contributed by atoms with van der Waals surface area (Å²) in [4.78, 5) is 24.9. The molecule has 2 aromatic rings. The summed E-state index contributed by atoms with van der Waals surface area (Å²) in [7, 11) is 0. The molecule has 2 heterocycles. The number of rotatable bonds is 8. The summed E-state index contributed by atoms with van der Waals surface area (Å²) in [6.07, 6.45) is -1.23. The molecule has 0 aliphatic carbocycles. The first-order chi connectivity index (χ1) is 15.1. The second-order valence-corrected chi connectivity index (χ2v) is 8.65. The molecular formula is C21H18F3NO5S2. The molecule has 11 heteroatoms. The minimum absolute atomic E-state index is 0.0770. The van der Waals surface area contributed by atoms with Crippen LogP contribution in [0.25, 0.3) is 17.4 Å². The zero-order valence-electron chi connectivity index (χ0n) is 16.5. The fraction of sp³-hybridized carbons (Fsp3) is 0.286. The molecule has 1 aliphatic heterocycles. The van der Waals surface area contributed by atoms with E-state index in [4.69, 9.17) is 21.7 Å². The Morgan fingerprint density at radius 2 is 1.94 bits per heavy atom. The Hall–Kier alpha value is -2.79. The summed E-state index contributed by atoms with van der Waals surface area (Å²) in [5, 5.41) is 18.6. The van der Waals surface area contributed by atoms with Crippen molar-refractivity contribution in [2.45, 2.75) is 31.9 Å². The first-order valence-electron chi connectivity index (χ1n) is 9.54.